The highest BCUT2D eigenvalue weighted by Crippen LogP contribution is 2.38. The molecule has 0 saturated carbocycles. The third kappa shape index (κ3) is 3.70. The molecule has 0 aliphatic carbocycles. The van der Waals surface area contributed by atoms with Crippen molar-refractivity contribution in [1.29, 1.82) is 0 Å². The molecule has 2 aromatic rings. The van der Waals surface area contributed by atoms with Crippen LogP contribution < -0.4 is 15.8 Å². The van der Waals surface area contributed by atoms with E-state index in [0.29, 0.717) is 31.2 Å². The lowest BCUT2D eigenvalue weighted by Crippen LogP contribution is -2.36. The fraction of sp³-hybridized carbons (Fsp3) is 0.350. The third-order valence-corrected chi connectivity index (χ3v) is 5.92. The number of halogens is 1. The average Bonchev–Trinajstić information content (AvgIpc) is 3.14. The van der Waals surface area contributed by atoms with E-state index < -0.39 is 6.03 Å². The van der Waals surface area contributed by atoms with E-state index in [2.05, 4.69) is 5.32 Å². The van der Waals surface area contributed by atoms with Gasteiger partial charge in [0, 0.05) is 35.0 Å². The number of nitrogens with one attached hydrogen (secondary N) is 1. The number of amides is 2. The van der Waals surface area contributed by atoms with Crippen molar-refractivity contribution < 1.29 is 18.7 Å². The Morgan fingerprint density at radius 2 is 2.14 bits per heavy atom. The van der Waals surface area contributed by atoms with Crippen LogP contribution in [0.3, 0.4) is 0 Å². The second-order valence-electron chi connectivity index (χ2n) is 6.84. The lowest BCUT2D eigenvalue weighted by Gasteiger charge is -2.30. The van der Waals surface area contributed by atoms with E-state index >= 15 is 0 Å². The van der Waals surface area contributed by atoms with Gasteiger partial charge in [-0.15, -0.1) is 11.3 Å². The number of anilines is 1. The zero-order valence-electron chi connectivity index (χ0n) is 15.5. The molecule has 0 unspecified atom stereocenters. The fourth-order valence-electron chi connectivity index (χ4n) is 3.48. The Bertz CT molecular complexity index is 921. The zero-order chi connectivity index (χ0) is 19.7. The van der Waals surface area contributed by atoms with Gasteiger partial charge in [0.15, 0.2) is 0 Å². The van der Waals surface area contributed by atoms with Gasteiger partial charge in [-0.3, -0.25) is 4.90 Å². The summed E-state index contributed by atoms with van der Waals surface area (Å²) in [7, 11) is 0. The van der Waals surface area contributed by atoms with Crippen molar-refractivity contribution in [1.82, 2.24) is 4.90 Å². The molecule has 0 bridgehead atoms. The summed E-state index contributed by atoms with van der Waals surface area (Å²) in [4.78, 5) is 14.4. The SMILES string of the molecule is CC1=C(Nc2ccc(F)cc2OC2CCOCC2)c2ccsc2CN1C(N)=O. The van der Waals surface area contributed by atoms with Crippen LogP contribution in [0.15, 0.2) is 35.3 Å². The summed E-state index contributed by atoms with van der Waals surface area (Å²) < 4.78 is 25.3. The number of primary amides is 1. The molecule has 4 rings (SSSR count). The highest BCUT2D eigenvalue weighted by Gasteiger charge is 2.27. The molecule has 0 radical (unpaired) electrons. The van der Waals surface area contributed by atoms with Gasteiger partial charge in [0.25, 0.3) is 0 Å². The van der Waals surface area contributed by atoms with Gasteiger partial charge in [-0.2, -0.15) is 0 Å². The van der Waals surface area contributed by atoms with Crippen LogP contribution in [0, 0.1) is 5.82 Å². The number of carbonyl (C=O) groups excluding carboxylic acids is 1. The second-order valence-corrected chi connectivity index (χ2v) is 7.84. The number of urea groups is 1. The number of ether oxygens (including phenoxy) is 2. The largest absolute Gasteiger partial charge is 0.488 e. The molecule has 1 saturated heterocycles. The lowest BCUT2D eigenvalue weighted by molar-refractivity contribution is 0.0257. The van der Waals surface area contributed by atoms with Crippen molar-refractivity contribution in [3.05, 3.63) is 51.6 Å². The van der Waals surface area contributed by atoms with Crippen molar-refractivity contribution in [2.45, 2.75) is 32.4 Å². The molecule has 6 nitrogen and oxygen atoms in total. The van der Waals surface area contributed by atoms with Gasteiger partial charge in [0.1, 0.15) is 17.7 Å². The predicted octanol–water partition coefficient (Wildman–Crippen LogP) is 4.14. The van der Waals surface area contributed by atoms with Crippen LogP contribution in [0.2, 0.25) is 0 Å². The van der Waals surface area contributed by atoms with Gasteiger partial charge in [-0.05, 0) is 30.5 Å². The van der Waals surface area contributed by atoms with Crippen LogP contribution in [0.1, 0.15) is 30.2 Å². The van der Waals surface area contributed by atoms with E-state index in [0.717, 1.165) is 34.7 Å². The number of hydrogen-bond acceptors (Lipinski definition) is 5. The van der Waals surface area contributed by atoms with Crippen molar-refractivity contribution >= 4 is 28.8 Å². The molecule has 1 aromatic carbocycles. The van der Waals surface area contributed by atoms with Gasteiger partial charge in [-0.1, -0.05) is 0 Å². The Kier molecular flexibility index (Phi) is 5.23. The first-order chi connectivity index (χ1) is 13.5. The molecule has 2 aliphatic rings. The molecule has 0 atom stereocenters. The molecule has 148 valence electrons. The van der Waals surface area contributed by atoms with Crippen LogP contribution in [-0.4, -0.2) is 30.2 Å². The molecule has 2 aliphatic heterocycles. The number of nitrogens with zero attached hydrogens (tertiary/aromatic N) is 1. The number of hydrogen-bond donors (Lipinski definition) is 2. The van der Waals surface area contributed by atoms with E-state index in [1.165, 1.54) is 17.0 Å². The third-order valence-electron chi connectivity index (χ3n) is 5.01. The summed E-state index contributed by atoms with van der Waals surface area (Å²) in [5, 5.41) is 5.34. The van der Waals surface area contributed by atoms with Gasteiger partial charge in [0.2, 0.25) is 0 Å². The van der Waals surface area contributed by atoms with E-state index in [-0.39, 0.29) is 11.9 Å². The summed E-state index contributed by atoms with van der Waals surface area (Å²) >= 11 is 1.57. The van der Waals surface area contributed by atoms with Crippen molar-refractivity contribution in [2.75, 3.05) is 18.5 Å². The fourth-order valence-corrected chi connectivity index (χ4v) is 4.35. The quantitative estimate of drug-likeness (QED) is 0.804. The minimum absolute atomic E-state index is 0.0173. The van der Waals surface area contributed by atoms with E-state index in [1.807, 2.05) is 18.4 Å². The first kappa shape index (κ1) is 18.8. The minimum atomic E-state index is -0.506. The Balaban J connectivity index is 1.67. The predicted molar refractivity (Wildman–Crippen MR) is 107 cm³/mol. The molecular formula is C20H22FN3O3S. The number of fused-ring (bicyclic) bond motifs is 1. The summed E-state index contributed by atoms with van der Waals surface area (Å²) in [5.41, 5.74) is 8.71. The summed E-state index contributed by atoms with van der Waals surface area (Å²) in [6.45, 7) is 3.57. The number of carbonyl (C=O) groups is 1. The molecule has 8 heteroatoms. The van der Waals surface area contributed by atoms with Gasteiger partial charge >= 0.3 is 6.03 Å². The van der Waals surface area contributed by atoms with E-state index in [1.54, 1.807) is 17.4 Å². The molecule has 1 fully saturated rings. The smallest absolute Gasteiger partial charge is 0.319 e. The topological polar surface area (TPSA) is 76.8 Å². The average molecular weight is 403 g/mol. The molecule has 1 aromatic heterocycles. The normalized spacial score (nSPS) is 17.4. The molecular weight excluding hydrogens is 381 g/mol. The number of allylic oxidation sites excluding steroid dienone is 1. The Morgan fingerprint density at radius 1 is 1.36 bits per heavy atom. The number of rotatable bonds is 4. The standard InChI is InChI=1S/C20H22FN3O3S/c1-12-19(15-6-9-28-18(15)11-24(12)20(22)25)23-16-3-2-13(21)10-17(16)27-14-4-7-26-8-5-14/h2-3,6,9-10,14,23H,4-5,7-8,11H2,1H3,(H2,22,25). The Hall–Kier alpha value is -2.58. The van der Waals surface area contributed by atoms with Crippen LogP contribution in [-0.2, 0) is 11.3 Å². The van der Waals surface area contributed by atoms with E-state index in [9.17, 15) is 9.18 Å². The number of thiophene rings is 1. The lowest BCUT2D eigenvalue weighted by atomic mass is 10.1. The van der Waals surface area contributed by atoms with Gasteiger partial charge in [0.05, 0.1) is 31.1 Å². The minimum Gasteiger partial charge on any atom is -0.488 e. The molecule has 3 N–H and O–H groups in total. The van der Waals surface area contributed by atoms with Crippen molar-refractivity contribution in [3.8, 4) is 5.75 Å². The monoisotopic (exact) mass is 403 g/mol. The van der Waals surface area contributed by atoms with Crippen LogP contribution >= 0.6 is 11.3 Å². The highest BCUT2D eigenvalue weighted by molar-refractivity contribution is 7.10. The maximum absolute atomic E-state index is 13.9. The first-order valence-electron chi connectivity index (χ1n) is 9.18. The van der Waals surface area contributed by atoms with Gasteiger partial charge in [-0.25, -0.2) is 9.18 Å². The highest BCUT2D eigenvalue weighted by atomic mass is 32.1. The maximum atomic E-state index is 13.9. The second kappa shape index (κ2) is 7.81. The van der Waals surface area contributed by atoms with E-state index in [4.69, 9.17) is 15.2 Å². The number of benzene rings is 1. The molecule has 28 heavy (non-hydrogen) atoms. The summed E-state index contributed by atoms with van der Waals surface area (Å²) in [5.74, 6) is 0.0807. The van der Waals surface area contributed by atoms with Crippen LogP contribution in [0.25, 0.3) is 5.70 Å². The summed E-state index contributed by atoms with van der Waals surface area (Å²) in [6.07, 6.45) is 1.51. The zero-order valence-corrected chi connectivity index (χ0v) is 16.4. The van der Waals surface area contributed by atoms with Crippen LogP contribution in [0.4, 0.5) is 14.9 Å². The first-order valence-corrected chi connectivity index (χ1v) is 10.1. The Morgan fingerprint density at radius 3 is 2.89 bits per heavy atom. The summed E-state index contributed by atoms with van der Waals surface area (Å²) in [6, 6.07) is 5.93. The maximum Gasteiger partial charge on any atom is 0.319 e. The molecule has 2 amide bonds. The van der Waals surface area contributed by atoms with Crippen molar-refractivity contribution in [3.63, 3.8) is 0 Å². The number of nitrogens with two attached hydrogens (primary N) is 1. The molecule has 0 spiro atoms. The van der Waals surface area contributed by atoms with Crippen LogP contribution in [0.5, 0.6) is 5.75 Å². The molecule has 3 heterocycles. The Labute approximate surface area is 166 Å². The van der Waals surface area contributed by atoms with Crippen molar-refractivity contribution in [2.24, 2.45) is 5.73 Å². The van der Waals surface area contributed by atoms with Gasteiger partial charge < -0.3 is 20.5 Å².